The fourth-order valence-corrected chi connectivity index (χ4v) is 3.76. The standard InChI is InChI=1S/C14H18ClNO4/c15-7-6-9-11-14(13(19)20-11,16-12(9)18)10(17)8-4-2-1-3-5-8/h2,4,8-11,17H,1,3,5-7H2,(H,16,18)/t8?,9-,10+,11?,14?/m1/s1. The van der Waals surface area contributed by atoms with Crippen LogP contribution in [0.2, 0.25) is 0 Å². The predicted molar refractivity (Wildman–Crippen MR) is 72.1 cm³/mol. The summed E-state index contributed by atoms with van der Waals surface area (Å²) in [6, 6.07) is 0. The van der Waals surface area contributed by atoms with Crippen molar-refractivity contribution in [2.45, 2.75) is 43.4 Å². The summed E-state index contributed by atoms with van der Waals surface area (Å²) in [5.41, 5.74) is -1.26. The van der Waals surface area contributed by atoms with Crippen LogP contribution in [0.1, 0.15) is 25.7 Å². The normalized spacial score (nSPS) is 40.6. The van der Waals surface area contributed by atoms with Crippen LogP contribution in [0.15, 0.2) is 12.2 Å². The molecule has 2 N–H and O–H groups in total. The van der Waals surface area contributed by atoms with E-state index in [9.17, 15) is 14.7 Å². The average Bonchev–Trinajstić information content (AvgIpc) is 2.69. The molecule has 5 atom stereocenters. The summed E-state index contributed by atoms with van der Waals surface area (Å²) in [5.74, 6) is -1.02. The van der Waals surface area contributed by atoms with Gasteiger partial charge in [-0.05, 0) is 25.7 Å². The highest BCUT2D eigenvalue weighted by atomic mass is 35.5. The zero-order valence-corrected chi connectivity index (χ0v) is 11.8. The molecule has 1 amide bonds. The number of esters is 1. The second-order valence-corrected chi connectivity index (χ2v) is 6.11. The van der Waals surface area contributed by atoms with E-state index in [1.165, 1.54) is 0 Å². The van der Waals surface area contributed by atoms with Crippen molar-refractivity contribution in [3.8, 4) is 0 Å². The van der Waals surface area contributed by atoms with Gasteiger partial charge < -0.3 is 15.2 Å². The molecule has 2 heterocycles. The van der Waals surface area contributed by atoms with Crippen molar-refractivity contribution < 1.29 is 19.4 Å². The minimum absolute atomic E-state index is 0.117. The lowest BCUT2D eigenvalue weighted by Gasteiger charge is -2.47. The molecule has 20 heavy (non-hydrogen) atoms. The molecule has 3 unspecified atom stereocenters. The van der Waals surface area contributed by atoms with Gasteiger partial charge in [0.05, 0.1) is 12.0 Å². The van der Waals surface area contributed by atoms with E-state index in [1.54, 1.807) is 0 Å². The smallest absolute Gasteiger partial charge is 0.339 e. The number of hydrogen-bond acceptors (Lipinski definition) is 4. The maximum atomic E-state index is 12.0. The van der Waals surface area contributed by atoms with Crippen molar-refractivity contribution in [1.82, 2.24) is 5.32 Å². The Hall–Kier alpha value is -1.07. The summed E-state index contributed by atoms with van der Waals surface area (Å²) in [5, 5.41) is 13.3. The van der Waals surface area contributed by atoms with Crippen LogP contribution in [0.5, 0.6) is 0 Å². The highest BCUT2D eigenvalue weighted by molar-refractivity contribution is 6.18. The van der Waals surface area contributed by atoms with E-state index in [2.05, 4.69) is 5.32 Å². The fraction of sp³-hybridized carbons (Fsp3) is 0.714. The first-order chi connectivity index (χ1) is 9.61. The molecule has 2 fully saturated rings. The molecule has 0 radical (unpaired) electrons. The van der Waals surface area contributed by atoms with Gasteiger partial charge in [0, 0.05) is 11.8 Å². The third kappa shape index (κ3) is 1.79. The first-order valence-electron chi connectivity index (χ1n) is 7.05. The van der Waals surface area contributed by atoms with Gasteiger partial charge in [0.2, 0.25) is 11.4 Å². The number of aliphatic hydroxyl groups is 1. The van der Waals surface area contributed by atoms with E-state index < -0.39 is 29.6 Å². The Labute approximate surface area is 122 Å². The molecule has 0 aromatic carbocycles. The molecule has 2 aliphatic heterocycles. The van der Waals surface area contributed by atoms with Gasteiger partial charge in [-0.3, -0.25) is 4.79 Å². The number of hydrogen-bond donors (Lipinski definition) is 2. The number of amides is 1. The number of nitrogens with one attached hydrogen (secondary N) is 1. The van der Waals surface area contributed by atoms with E-state index >= 15 is 0 Å². The van der Waals surface area contributed by atoms with Crippen LogP contribution in [0.4, 0.5) is 0 Å². The third-order valence-electron chi connectivity index (χ3n) is 4.64. The molecule has 0 saturated carbocycles. The number of aliphatic hydroxyl groups excluding tert-OH is 1. The SMILES string of the molecule is O=C1NC2([C@@H](O)C3C=CCCC3)C(=O)OC2[C@H]1CCCl. The fourth-order valence-electron chi connectivity index (χ4n) is 3.52. The van der Waals surface area contributed by atoms with Crippen LogP contribution in [0.25, 0.3) is 0 Å². The van der Waals surface area contributed by atoms with Crippen molar-refractivity contribution >= 4 is 23.5 Å². The first kappa shape index (κ1) is 13.9. The maximum Gasteiger partial charge on any atom is 0.339 e. The number of carbonyl (C=O) groups excluding carboxylic acids is 2. The van der Waals surface area contributed by atoms with Crippen molar-refractivity contribution in [1.29, 1.82) is 0 Å². The van der Waals surface area contributed by atoms with Gasteiger partial charge in [-0.2, -0.15) is 0 Å². The quantitative estimate of drug-likeness (QED) is 0.456. The molecule has 110 valence electrons. The van der Waals surface area contributed by atoms with Crippen LogP contribution in [0.3, 0.4) is 0 Å². The molecule has 3 rings (SSSR count). The zero-order valence-electron chi connectivity index (χ0n) is 11.0. The van der Waals surface area contributed by atoms with Crippen molar-refractivity contribution in [3.63, 3.8) is 0 Å². The first-order valence-corrected chi connectivity index (χ1v) is 7.58. The minimum Gasteiger partial charge on any atom is -0.456 e. The van der Waals surface area contributed by atoms with Gasteiger partial charge in [0.25, 0.3) is 0 Å². The second kappa shape index (κ2) is 5.04. The van der Waals surface area contributed by atoms with Gasteiger partial charge in [-0.1, -0.05) is 12.2 Å². The van der Waals surface area contributed by atoms with Crippen LogP contribution < -0.4 is 5.32 Å². The molecule has 2 saturated heterocycles. The van der Waals surface area contributed by atoms with Crippen LogP contribution in [-0.2, 0) is 14.3 Å². The molecule has 0 spiro atoms. The molecule has 0 bridgehead atoms. The summed E-state index contributed by atoms with van der Waals surface area (Å²) >= 11 is 5.70. The van der Waals surface area contributed by atoms with Crippen molar-refractivity contribution in [2.24, 2.45) is 11.8 Å². The lowest BCUT2D eigenvalue weighted by Crippen LogP contribution is -2.74. The Kier molecular flexibility index (Phi) is 3.50. The lowest BCUT2D eigenvalue weighted by atomic mass is 9.72. The summed E-state index contributed by atoms with van der Waals surface area (Å²) in [6.45, 7) is 0. The number of fused-ring (bicyclic) bond motifs is 1. The van der Waals surface area contributed by atoms with Gasteiger partial charge in [0.1, 0.15) is 6.10 Å². The Morgan fingerprint density at radius 1 is 1.55 bits per heavy atom. The van der Waals surface area contributed by atoms with Gasteiger partial charge in [0.15, 0.2) is 0 Å². The Bertz CT molecular complexity index is 466. The Morgan fingerprint density at radius 3 is 2.95 bits per heavy atom. The van der Waals surface area contributed by atoms with E-state index in [4.69, 9.17) is 16.3 Å². The molecule has 1 aliphatic carbocycles. The average molecular weight is 300 g/mol. The highest BCUT2D eigenvalue weighted by Gasteiger charge is 2.72. The number of halogens is 1. The molecule has 0 aromatic rings. The summed E-state index contributed by atoms with van der Waals surface area (Å²) < 4.78 is 5.15. The van der Waals surface area contributed by atoms with Crippen LogP contribution in [0, 0.1) is 11.8 Å². The molecule has 3 aliphatic rings. The largest absolute Gasteiger partial charge is 0.456 e. The molecule has 5 nitrogen and oxygen atoms in total. The number of allylic oxidation sites excluding steroid dienone is 1. The summed E-state index contributed by atoms with van der Waals surface area (Å²) in [6.07, 6.45) is 5.65. The number of ether oxygens (including phenoxy) is 1. The number of carbonyl (C=O) groups is 2. The zero-order chi connectivity index (χ0) is 14.3. The molecule has 6 heteroatoms. The predicted octanol–water partition coefficient (Wildman–Crippen LogP) is 0.743. The van der Waals surface area contributed by atoms with E-state index in [0.717, 1.165) is 19.3 Å². The molecule has 0 aromatic heterocycles. The summed E-state index contributed by atoms with van der Waals surface area (Å²) in [4.78, 5) is 24.0. The minimum atomic E-state index is -1.26. The number of rotatable bonds is 4. The van der Waals surface area contributed by atoms with Crippen LogP contribution in [-0.4, -0.2) is 40.6 Å². The molecular formula is C14H18ClNO4. The third-order valence-corrected chi connectivity index (χ3v) is 4.85. The monoisotopic (exact) mass is 299 g/mol. The summed E-state index contributed by atoms with van der Waals surface area (Å²) in [7, 11) is 0. The van der Waals surface area contributed by atoms with Crippen molar-refractivity contribution in [3.05, 3.63) is 12.2 Å². The van der Waals surface area contributed by atoms with E-state index in [1.807, 2.05) is 12.2 Å². The van der Waals surface area contributed by atoms with Crippen LogP contribution >= 0.6 is 11.6 Å². The van der Waals surface area contributed by atoms with Gasteiger partial charge >= 0.3 is 5.97 Å². The number of alkyl halides is 1. The topological polar surface area (TPSA) is 75.6 Å². The second-order valence-electron chi connectivity index (χ2n) is 5.74. The van der Waals surface area contributed by atoms with Crippen molar-refractivity contribution in [2.75, 3.05) is 5.88 Å². The van der Waals surface area contributed by atoms with E-state index in [0.29, 0.717) is 12.3 Å². The lowest BCUT2D eigenvalue weighted by molar-refractivity contribution is -0.207. The Balaban J connectivity index is 1.86. The van der Waals surface area contributed by atoms with E-state index in [-0.39, 0.29) is 11.8 Å². The maximum absolute atomic E-state index is 12.0. The van der Waals surface area contributed by atoms with Gasteiger partial charge in [-0.25, -0.2) is 4.79 Å². The van der Waals surface area contributed by atoms with Gasteiger partial charge in [-0.15, -0.1) is 11.6 Å². The molecular weight excluding hydrogens is 282 g/mol. The highest BCUT2D eigenvalue weighted by Crippen LogP contribution is 2.45. The Morgan fingerprint density at radius 2 is 2.35 bits per heavy atom.